The SMILES string of the molecule is CO[C@@H]1COC[C@@H]1S(=O)(=O)F. The second-order valence-corrected chi connectivity index (χ2v) is 3.88. The molecule has 1 heterocycles. The van der Waals surface area contributed by atoms with Gasteiger partial charge in [0.05, 0.1) is 13.2 Å². The molecule has 0 aromatic carbocycles. The summed E-state index contributed by atoms with van der Waals surface area (Å²) < 4.78 is 42.5. The Morgan fingerprint density at radius 2 is 2.18 bits per heavy atom. The van der Waals surface area contributed by atoms with Crippen molar-refractivity contribution >= 4 is 10.2 Å². The van der Waals surface area contributed by atoms with Crippen molar-refractivity contribution in [2.24, 2.45) is 0 Å². The van der Waals surface area contributed by atoms with Gasteiger partial charge in [0.1, 0.15) is 11.4 Å². The van der Waals surface area contributed by atoms with Gasteiger partial charge in [-0.05, 0) is 0 Å². The summed E-state index contributed by atoms with van der Waals surface area (Å²) in [6.45, 7) is 0.0294. The van der Waals surface area contributed by atoms with Gasteiger partial charge >= 0.3 is 10.2 Å². The highest BCUT2D eigenvalue weighted by Gasteiger charge is 2.38. The molecule has 1 aliphatic heterocycles. The summed E-state index contributed by atoms with van der Waals surface area (Å²) in [6.07, 6.45) is -0.662. The summed E-state index contributed by atoms with van der Waals surface area (Å²) in [5, 5.41) is -1.15. The van der Waals surface area contributed by atoms with Crippen molar-refractivity contribution in [2.75, 3.05) is 20.3 Å². The van der Waals surface area contributed by atoms with Crippen LogP contribution in [0.15, 0.2) is 0 Å². The van der Waals surface area contributed by atoms with Crippen LogP contribution in [0, 0.1) is 0 Å². The Balaban J connectivity index is 2.72. The van der Waals surface area contributed by atoms with Gasteiger partial charge in [-0.3, -0.25) is 0 Å². The van der Waals surface area contributed by atoms with Crippen LogP contribution in [-0.4, -0.2) is 40.1 Å². The molecular weight excluding hydrogens is 175 g/mol. The van der Waals surface area contributed by atoms with Gasteiger partial charge in [0.2, 0.25) is 0 Å². The van der Waals surface area contributed by atoms with E-state index < -0.39 is 21.6 Å². The number of rotatable bonds is 2. The second kappa shape index (κ2) is 3.04. The number of ether oxygens (including phenoxy) is 2. The molecule has 0 aliphatic carbocycles. The van der Waals surface area contributed by atoms with Crippen molar-refractivity contribution in [3.63, 3.8) is 0 Å². The fraction of sp³-hybridized carbons (Fsp3) is 1.00. The van der Waals surface area contributed by atoms with Crippen LogP contribution >= 0.6 is 0 Å². The molecule has 11 heavy (non-hydrogen) atoms. The van der Waals surface area contributed by atoms with Crippen molar-refractivity contribution in [3.8, 4) is 0 Å². The molecular formula is C5H9FO4S. The third kappa shape index (κ3) is 1.88. The van der Waals surface area contributed by atoms with Crippen molar-refractivity contribution in [3.05, 3.63) is 0 Å². The average molecular weight is 184 g/mol. The maximum Gasteiger partial charge on any atom is 0.310 e. The maximum absolute atomic E-state index is 12.3. The van der Waals surface area contributed by atoms with Crippen LogP contribution in [0.1, 0.15) is 0 Å². The van der Waals surface area contributed by atoms with E-state index in [-0.39, 0.29) is 13.2 Å². The smallest absolute Gasteiger partial charge is 0.310 e. The van der Waals surface area contributed by atoms with Crippen molar-refractivity contribution in [2.45, 2.75) is 11.4 Å². The zero-order valence-corrected chi connectivity index (χ0v) is 6.80. The van der Waals surface area contributed by atoms with E-state index >= 15 is 0 Å². The molecule has 0 aromatic rings. The molecule has 4 nitrogen and oxygen atoms in total. The fourth-order valence-corrected chi connectivity index (χ4v) is 1.81. The normalized spacial score (nSPS) is 32.5. The minimum Gasteiger partial charge on any atom is -0.377 e. The van der Waals surface area contributed by atoms with Crippen molar-refractivity contribution in [1.82, 2.24) is 0 Å². The first kappa shape index (κ1) is 8.89. The van der Waals surface area contributed by atoms with E-state index in [1.165, 1.54) is 7.11 Å². The van der Waals surface area contributed by atoms with Gasteiger partial charge in [-0.1, -0.05) is 0 Å². The Kier molecular flexibility index (Phi) is 2.46. The monoisotopic (exact) mass is 184 g/mol. The highest BCUT2D eigenvalue weighted by atomic mass is 32.3. The first-order valence-corrected chi connectivity index (χ1v) is 4.54. The summed E-state index contributed by atoms with van der Waals surface area (Å²) in [5.74, 6) is 0. The van der Waals surface area contributed by atoms with Crippen LogP contribution in [0.3, 0.4) is 0 Å². The van der Waals surface area contributed by atoms with Crippen LogP contribution < -0.4 is 0 Å². The average Bonchev–Trinajstić information content (AvgIpc) is 2.31. The minimum absolute atomic E-state index is 0.114. The van der Waals surface area contributed by atoms with Crippen LogP contribution in [0.25, 0.3) is 0 Å². The predicted molar refractivity (Wildman–Crippen MR) is 35.4 cm³/mol. The Labute approximate surface area is 64.5 Å². The van der Waals surface area contributed by atoms with E-state index in [4.69, 9.17) is 9.47 Å². The molecule has 0 N–H and O–H groups in total. The molecule has 2 atom stereocenters. The van der Waals surface area contributed by atoms with Crippen LogP contribution in [0.4, 0.5) is 3.89 Å². The van der Waals surface area contributed by atoms with E-state index in [0.717, 1.165) is 0 Å². The quantitative estimate of drug-likeness (QED) is 0.553. The Morgan fingerprint density at radius 3 is 2.55 bits per heavy atom. The van der Waals surface area contributed by atoms with E-state index in [1.54, 1.807) is 0 Å². The van der Waals surface area contributed by atoms with E-state index in [1.807, 2.05) is 0 Å². The molecule has 0 aromatic heterocycles. The molecule has 0 bridgehead atoms. The van der Waals surface area contributed by atoms with Gasteiger partial charge in [0.15, 0.2) is 0 Å². The van der Waals surface area contributed by atoms with Crippen molar-refractivity contribution < 1.29 is 21.8 Å². The lowest BCUT2D eigenvalue weighted by atomic mass is 10.3. The molecule has 6 heteroatoms. The third-order valence-electron chi connectivity index (χ3n) is 1.64. The van der Waals surface area contributed by atoms with Crippen LogP contribution in [0.2, 0.25) is 0 Å². The van der Waals surface area contributed by atoms with Gasteiger partial charge in [-0.15, -0.1) is 3.89 Å². The van der Waals surface area contributed by atoms with E-state index in [9.17, 15) is 12.3 Å². The van der Waals surface area contributed by atoms with Crippen molar-refractivity contribution in [1.29, 1.82) is 0 Å². The molecule has 1 rings (SSSR count). The number of hydrogen-bond donors (Lipinski definition) is 0. The zero-order chi connectivity index (χ0) is 8.48. The number of halogens is 1. The highest BCUT2D eigenvalue weighted by Crippen LogP contribution is 2.18. The summed E-state index contributed by atoms with van der Waals surface area (Å²) in [7, 11) is -3.18. The molecule has 1 saturated heterocycles. The largest absolute Gasteiger partial charge is 0.377 e. The Hall–Kier alpha value is -0.200. The van der Waals surface area contributed by atoms with Gasteiger partial charge in [-0.25, -0.2) is 0 Å². The minimum atomic E-state index is -4.51. The standard InChI is InChI=1S/C5H9FO4S/c1-9-4-2-10-3-5(4)11(6,7)8/h4-5H,2-3H2,1H3/t4-,5+/m1/s1. The molecule has 1 aliphatic rings. The lowest BCUT2D eigenvalue weighted by Gasteiger charge is -2.10. The van der Waals surface area contributed by atoms with Gasteiger partial charge in [0, 0.05) is 7.11 Å². The first-order chi connectivity index (χ1) is 5.05. The molecule has 0 amide bonds. The second-order valence-electron chi connectivity index (χ2n) is 2.33. The molecule has 66 valence electrons. The highest BCUT2D eigenvalue weighted by molar-refractivity contribution is 7.87. The van der Waals surface area contributed by atoms with E-state index in [2.05, 4.69) is 0 Å². The fourth-order valence-electron chi connectivity index (χ4n) is 0.997. The first-order valence-electron chi connectivity index (χ1n) is 3.09. The van der Waals surface area contributed by atoms with Crippen LogP contribution in [0.5, 0.6) is 0 Å². The molecule has 0 radical (unpaired) electrons. The lowest BCUT2D eigenvalue weighted by Crippen LogP contribution is -2.31. The topological polar surface area (TPSA) is 52.6 Å². The number of hydrogen-bond acceptors (Lipinski definition) is 4. The third-order valence-corrected chi connectivity index (χ3v) is 2.81. The zero-order valence-electron chi connectivity index (χ0n) is 5.99. The van der Waals surface area contributed by atoms with Gasteiger partial charge in [-0.2, -0.15) is 8.42 Å². The van der Waals surface area contributed by atoms with Crippen LogP contribution in [-0.2, 0) is 19.7 Å². The summed E-state index contributed by atoms with van der Waals surface area (Å²) in [6, 6.07) is 0. The Morgan fingerprint density at radius 1 is 1.55 bits per heavy atom. The van der Waals surface area contributed by atoms with Gasteiger partial charge < -0.3 is 9.47 Å². The maximum atomic E-state index is 12.3. The molecule has 0 spiro atoms. The molecule has 0 unspecified atom stereocenters. The Bertz CT molecular complexity index is 225. The van der Waals surface area contributed by atoms with Gasteiger partial charge in [0.25, 0.3) is 0 Å². The summed E-state index contributed by atoms with van der Waals surface area (Å²) >= 11 is 0. The predicted octanol–water partition coefficient (Wildman–Crippen LogP) is -0.300. The lowest BCUT2D eigenvalue weighted by molar-refractivity contribution is 0.0826. The summed E-state index contributed by atoms with van der Waals surface area (Å²) in [5.41, 5.74) is 0. The number of methoxy groups -OCH3 is 1. The molecule has 1 fully saturated rings. The molecule has 0 saturated carbocycles. The van der Waals surface area contributed by atoms with E-state index in [0.29, 0.717) is 0 Å². The summed E-state index contributed by atoms with van der Waals surface area (Å²) in [4.78, 5) is 0.